The van der Waals surface area contributed by atoms with Gasteiger partial charge in [-0.3, -0.25) is 14.5 Å². The Morgan fingerprint density at radius 3 is 2.57 bits per heavy atom. The number of thiophene rings is 1. The van der Waals surface area contributed by atoms with Gasteiger partial charge in [0.1, 0.15) is 15.5 Å². The molecule has 0 spiro atoms. The number of rotatable bonds is 6. The molecular formula is C19H28N4O4S. The second-order valence-corrected chi connectivity index (χ2v) is 8.80. The number of hydrogen-bond donors (Lipinski definition) is 2. The maximum Gasteiger partial charge on any atom is 0.348 e. The molecule has 2 rings (SSSR count). The molecular weight excluding hydrogens is 380 g/mol. The van der Waals surface area contributed by atoms with Crippen molar-refractivity contribution in [1.29, 1.82) is 0 Å². The number of likely N-dealkylation sites (N-methyl/N-ethyl adjacent to an activating group) is 1. The molecule has 1 amide bonds. The summed E-state index contributed by atoms with van der Waals surface area (Å²) >= 11 is 1.15. The van der Waals surface area contributed by atoms with Gasteiger partial charge in [-0.15, -0.1) is 11.3 Å². The first-order valence-corrected chi connectivity index (χ1v) is 9.98. The molecule has 0 saturated heterocycles. The molecule has 0 fully saturated rings. The average molecular weight is 409 g/mol. The molecule has 9 heteroatoms. The van der Waals surface area contributed by atoms with E-state index in [0.29, 0.717) is 26.5 Å². The summed E-state index contributed by atoms with van der Waals surface area (Å²) in [7, 11) is 1.79. The van der Waals surface area contributed by atoms with Crippen molar-refractivity contribution < 1.29 is 14.3 Å². The smallest absolute Gasteiger partial charge is 0.348 e. The topological polar surface area (TPSA) is 104 Å². The van der Waals surface area contributed by atoms with Crippen LogP contribution in [0.2, 0.25) is 0 Å². The van der Waals surface area contributed by atoms with Crippen LogP contribution < -0.4 is 10.9 Å². The summed E-state index contributed by atoms with van der Waals surface area (Å²) in [5.74, 6) is -0.116. The highest BCUT2D eigenvalue weighted by atomic mass is 32.1. The number of ether oxygens (including phenoxy) is 1. The zero-order valence-electron chi connectivity index (χ0n) is 17.4. The van der Waals surface area contributed by atoms with E-state index >= 15 is 0 Å². The van der Waals surface area contributed by atoms with Crippen molar-refractivity contribution in [1.82, 2.24) is 20.2 Å². The van der Waals surface area contributed by atoms with Gasteiger partial charge in [0.15, 0.2) is 0 Å². The van der Waals surface area contributed by atoms with Gasteiger partial charge >= 0.3 is 5.97 Å². The molecule has 0 aliphatic rings. The molecule has 0 bridgehead atoms. The van der Waals surface area contributed by atoms with Crippen molar-refractivity contribution in [3.63, 3.8) is 0 Å². The number of aryl methyl sites for hydroxylation is 1. The molecule has 8 nitrogen and oxygen atoms in total. The Balaban J connectivity index is 2.31. The maximum absolute atomic E-state index is 12.6. The highest BCUT2D eigenvalue weighted by molar-refractivity contribution is 7.20. The molecule has 1 atom stereocenters. The lowest BCUT2D eigenvalue weighted by molar-refractivity contribution is -0.123. The third kappa shape index (κ3) is 4.96. The molecule has 154 valence electrons. The number of aromatic nitrogens is 2. The largest absolute Gasteiger partial charge is 0.462 e. The summed E-state index contributed by atoms with van der Waals surface area (Å²) in [6.07, 6.45) is 0. The Hall–Kier alpha value is -2.26. The number of carbonyl (C=O) groups is 2. The zero-order valence-corrected chi connectivity index (χ0v) is 18.2. The van der Waals surface area contributed by atoms with Crippen molar-refractivity contribution in [3.05, 3.63) is 26.6 Å². The van der Waals surface area contributed by atoms with E-state index in [9.17, 15) is 14.4 Å². The summed E-state index contributed by atoms with van der Waals surface area (Å²) < 4.78 is 5.06. The fourth-order valence-corrected chi connectivity index (χ4v) is 3.86. The highest BCUT2D eigenvalue weighted by Crippen LogP contribution is 2.28. The number of H-pyrrole nitrogens is 1. The lowest BCUT2D eigenvalue weighted by Gasteiger charge is -2.26. The van der Waals surface area contributed by atoms with Gasteiger partial charge in [-0.25, -0.2) is 9.78 Å². The number of esters is 1. The van der Waals surface area contributed by atoms with Crippen LogP contribution >= 0.6 is 11.3 Å². The fraction of sp³-hybridized carbons (Fsp3) is 0.579. The minimum atomic E-state index is -0.451. The summed E-state index contributed by atoms with van der Waals surface area (Å²) in [6, 6.07) is -0.295. The van der Waals surface area contributed by atoms with Crippen molar-refractivity contribution in [2.75, 3.05) is 20.2 Å². The molecule has 0 unspecified atom stereocenters. The summed E-state index contributed by atoms with van der Waals surface area (Å²) in [6.45, 7) is 11.5. The van der Waals surface area contributed by atoms with Crippen molar-refractivity contribution in [3.8, 4) is 0 Å². The Bertz CT molecular complexity index is 942. The molecule has 28 heavy (non-hydrogen) atoms. The van der Waals surface area contributed by atoms with E-state index in [1.54, 1.807) is 25.8 Å². The van der Waals surface area contributed by atoms with E-state index < -0.39 is 5.97 Å². The van der Waals surface area contributed by atoms with Gasteiger partial charge < -0.3 is 15.0 Å². The summed E-state index contributed by atoms with van der Waals surface area (Å²) in [5.41, 5.74) is -0.0436. The Labute approximate surface area is 168 Å². The Morgan fingerprint density at radius 2 is 2.00 bits per heavy atom. The molecule has 2 aromatic heterocycles. The van der Waals surface area contributed by atoms with Gasteiger partial charge in [0.2, 0.25) is 5.91 Å². The quantitative estimate of drug-likeness (QED) is 0.711. The van der Waals surface area contributed by atoms with E-state index in [1.807, 2.05) is 27.7 Å². The van der Waals surface area contributed by atoms with Crippen LogP contribution in [0.25, 0.3) is 10.2 Å². The minimum absolute atomic E-state index is 0.109. The highest BCUT2D eigenvalue weighted by Gasteiger charge is 2.23. The fourth-order valence-electron chi connectivity index (χ4n) is 2.78. The van der Waals surface area contributed by atoms with Gasteiger partial charge in [-0.05, 0) is 54.2 Å². The van der Waals surface area contributed by atoms with Crippen LogP contribution in [0.4, 0.5) is 0 Å². The van der Waals surface area contributed by atoms with Gasteiger partial charge in [0.25, 0.3) is 5.56 Å². The average Bonchev–Trinajstić information content (AvgIpc) is 2.89. The van der Waals surface area contributed by atoms with Crippen LogP contribution in [0.15, 0.2) is 4.79 Å². The van der Waals surface area contributed by atoms with Crippen LogP contribution in [0.1, 0.15) is 61.7 Å². The van der Waals surface area contributed by atoms with Crippen molar-refractivity contribution in [2.45, 2.75) is 53.1 Å². The Morgan fingerprint density at radius 1 is 1.36 bits per heavy atom. The monoisotopic (exact) mass is 408 g/mol. The van der Waals surface area contributed by atoms with Crippen LogP contribution in [0, 0.1) is 6.92 Å². The number of hydrogen-bond acceptors (Lipinski definition) is 7. The van der Waals surface area contributed by atoms with Gasteiger partial charge in [-0.1, -0.05) is 0 Å². The SMILES string of the molecule is CCOC(=O)c1sc2nc([C@H](C)N(C)CC(=O)NC(C)(C)C)[nH]c(=O)c2c1C. The second-order valence-electron chi connectivity index (χ2n) is 7.80. The minimum Gasteiger partial charge on any atom is -0.462 e. The third-order valence-corrected chi connectivity index (χ3v) is 5.41. The van der Waals surface area contributed by atoms with Crippen LogP contribution in [-0.2, 0) is 9.53 Å². The first-order valence-electron chi connectivity index (χ1n) is 9.16. The van der Waals surface area contributed by atoms with Crippen LogP contribution in [0.5, 0.6) is 0 Å². The summed E-state index contributed by atoms with van der Waals surface area (Å²) in [5, 5.41) is 3.31. The second kappa shape index (κ2) is 8.40. The van der Waals surface area contributed by atoms with E-state index in [2.05, 4.69) is 15.3 Å². The standard InChI is InChI=1S/C19H28N4O4S/c1-8-27-18(26)14-10(2)13-16(25)20-15(21-17(13)28-14)11(3)23(7)9-12(24)22-19(4,5)6/h11H,8-9H2,1-7H3,(H,22,24)(H,20,21,25)/t11-/m0/s1. The number of aromatic amines is 1. The zero-order chi connectivity index (χ0) is 21.2. The van der Waals surface area contributed by atoms with E-state index in [-0.39, 0.29) is 36.2 Å². The molecule has 0 saturated carbocycles. The predicted octanol–water partition coefficient (Wildman–Crippen LogP) is 2.38. The number of fused-ring (bicyclic) bond motifs is 1. The van der Waals surface area contributed by atoms with E-state index in [4.69, 9.17) is 4.74 Å². The molecule has 2 aromatic rings. The van der Waals surface area contributed by atoms with Crippen molar-refractivity contribution in [2.24, 2.45) is 0 Å². The third-order valence-electron chi connectivity index (χ3n) is 4.24. The molecule has 0 radical (unpaired) electrons. The number of nitrogens with one attached hydrogen (secondary N) is 2. The number of amides is 1. The molecule has 0 aliphatic heterocycles. The molecule has 0 aliphatic carbocycles. The van der Waals surface area contributed by atoms with Crippen LogP contribution in [0.3, 0.4) is 0 Å². The van der Waals surface area contributed by atoms with Crippen molar-refractivity contribution >= 4 is 33.4 Å². The van der Waals surface area contributed by atoms with Crippen LogP contribution in [-0.4, -0.2) is 52.5 Å². The number of nitrogens with zero attached hydrogens (tertiary/aromatic N) is 2. The normalized spacial score (nSPS) is 13.0. The first kappa shape index (κ1) is 22.0. The molecule has 2 N–H and O–H groups in total. The lowest BCUT2D eigenvalue weighted by Crippen LogP contribution is -2.45. The number of carbonyl (C=O) groups excluding carboxylic acids is 2. The van der Waals surface area contributed by atoms with E-state index in [1.165, 1.54) is 0 Å². The van der Waals surface area contributed by atoms with E-state index in [0.717, 1.165) is 11.3 Å². The van der Waals surface area contributed by atoms with Gasteiger partial charge in [-0.2, -0.15) is 0 Å². The first-order chi connectivity index (χ1) is 12.9. The van der Waals surface area contributed by atoms with Gasteiger partial charge in [0, 0.05) is 5.54 Å². The summed E-state index contributed by atoms with van der Waals surface area (Å²) in [4.78, 5) is 46.9. The van der Waals surface area contributed by atoms with Gasteiger partial charge in [0.05, 0.1) is 24.6 Å². The maximum atomic E-state index is 12.6. The molecule has 0 aromatic carbocycles. The lowest BCUT2D eigenvalue weighted by atomic mass is 10.1. The molecule has 2 heterocycles. The Kier molecular flexibility index (Phi) is 6.61. The predicted molar refractivity (Wildman–Crippen MR) is 110 cm³/mol.